The number of rotatable bonds is 9. The normalized spacial score (nSPS) is 21.3. The Morgan fingerprint density at radius 3 is 2.22 bits per heavy atom. The zero-order valence-electron chi connectivity index (χ0n) is 25.1. The third-order valence-electron chi connectivity index (χ3n) is 8.81. The van der Waals surface area contributed by atoms with E-state index < -0.39 is 30.2 Å². The molecule has 2 aliphatic heterocycles. The molecule has 232 valence electrons. The highest BCUT2D eigenvalue weighted by atomic mass is 19.1. The lowest BCUT2D eigenvalue weighted by Crippen LogP contribution is -2.39. The average molecular weight is 611 g/mol. The molecule has 1 saturated heterocycles. The van der Waals surface area contributed by atoms with Gasteiger partial charge in [0.15, 0.2) is 12.4 Å². The van der Waals surface area contributed by atoms with Gasteiger partial charge in [-0.1, -0.05) is 54.6 Å². The quantitative estimate of drug-likeness (QED) is 0.214. The zero-order chi connectivity index (χ0) is 31.0. The molecule has 1 fully saturated rings. The molecule has 3 aromatic carbocycles. The Morgan fingerprint density at radius 1 is 0.933 bits per heavy atom. The molecule has 0 radical (unpaired) electrons. The molecule has 0 saturated carbocycles. The van der Waals surface area contributed by atoms with Gasteiger partial charge in [-0.2, -0.15) is 0 Å². The number of aromatic nitrogens is 3. The highest BCUT2D eigenvalue weighted by Crippen LogP contribution is 2.44. The minimum atomic E-state index is -1.70. The Hall–Kier alpha value is -4.51. The Balaban J connectivity index is 1.26. The molecule has 2 N–H and O–H groups in total. The van der Waals surface area contributed by atoms with Crippen LogP contribution in [0, 0.1) is 0 Å². The zero-order valence-corrected chi connectivity index (χ0v) is 25.1. The van der Waals surface area contributed by atoms with Gasteiger partial charge in [-0.05, 0) is 59.4 Å². The number of nitrogens with zero attached hydrogens (tertiary/aromatic N) is 3. The number of aliphatic hydroxyl groups excluding tert-OH is 1. The van der Waals surface area contributed by atoms with Crippen LogP contribution in [0.25, 0.3) is 11.0 Å². The van der Waals surface area contributed by atoms with Crippen molar-refractivity contribution in [2.75, 3.05) is 32.7 Å². The molecular weight excluding hydrogens is 575 g/mol. The summed E-state index contributed by atoms with van der Waals surface area (Å²) in [6.45, 7) is 0.703. The monoisotopic (exact) mass is 610 g/mol. The lowest BCUT2D eigenvalue weighted by atomic mass is 9.80. The van der Waals surface area contributed by atoms with E-state index in [0.29, 0.717) is 17.1 Å². The number of aryl methyl sites for hydroxylation is 1. The van der Waals surface area contributed by atoms with E-state index in [1.54, 1.807) is 18.8 Å². The average Bonchev–Trinajstić information content (AvgIpc) is 3.51. The van der Waals surface area contributed by atoms with Crippen molar-refractivity contribution in [1.82, 2.24) is 14.5 Å². The minimum absolute atomic E-state index is 0.0983. The number of methoxy groups -OCH3 is 2. The number of anilines is 1. The van der Waals surface area contributed by atoms with Crippen LogP contribution in [0.1, 0.15) is 34.9 Å². The molecule has 9 nitrogen and oxygen atoms in total. The van der Waals surface area contributed by atoms with E-state index in [4.69, 9.17) is 18.9 Å². The molecule has 0 amide bonds. The lowest BCUT2D eigenvalue weighted by Gasteiger charge is -2.37. The standard InChI is InChI=1S/C35H35FN4O5/c1-42-26-14-10-24(11-15-26)35(23-8-4-3-5-9-23,25-12-16-27(43-2)17-13-25)44-20-28-31(41)30(36)34(45-28)40-19-22-7-6-18-37-32-29(22)33(40)39-21-38-32/h3-5,8-17,19,21,28,30-31,34,41H,6-7,18,20H2,1-2H3,(H,37,38,39)/t28-,30?,31+,34-/m1/s1. The summed E-state index contributed by atoms with van der Waals surface area (Å²) in [6, 6.07) is 25.1. The van der Waals surface area contributed by atoms with Crippen molar-refractivity contribution in [2.24, 2.45) is 0 Å². The van der Waals surface area contributed by atoms with Crippen molar-refractivity contribution >= 4 is 16.9 Å². The lowest BCUT2D eigenvalue weighted by molar-refractivity contribution is -0.0935. The molecule has 0 aliphatic carbocycles. The SMILES string of the molecule is COc1ccc(C(OC[C@H]2O[C@@H](n3cc4c5c(ncnc53)NCCC4)C(F)[C@H]2O)(c2ccccc2)c2ccc(OC)cc2)cc1. The molecule has 4 atom stereocenters. The smallest absolute Gasteiger partial charge is 0.173 e. The highest BCUT2D eigenvalue weighted by Gasteiger charge is 2.48. The van der Waals surface area contributed by atoms with Gasteiger partial charge in [0.05, 0.1) is 26.2 Å². The fourth-order valence-corrected chi connectivity index (χ4v) is 6.51. The third kappa shape index (κ3) is 5.08. The molecule has 4 heterocycles. The molecule has 45 heavy (non-hydrogen) atoms. The van der Waals surface area contributed by atoms with Crippen LogP contribution in [0.15, 0.2) is 91.4 Å². The summed E-state index contributed by atoms with van der Waals surface area (Å²) in [7, 11) is 3.24. The number of hydrogen-bond donors (Lipinski definition) is 2. The second-order valence-corrected chi connectivity index (χ2v) is 11.3. The summed E-state index contributed by atoms with van der Waals surface area (Å²) in [5.74, 6) is 2.13. The molecule has 5 aromatic rings. The number of aliphatic hydroxyl groups is 1. The largest absolute Gasteiger partial charge is 0.497 e. The van der Waals surface area contributed by atoms with Gasteiger partial charge in [0.1, 0.15) is 47.1 Å². The second kappa shape index (κ2) is 12.1. The Kier molecular flexibility index (Phi) is 7.87. The van der Waals surface area contributed by atoms with Gasteiger partial charge in [0.25, 0.3) is 0 Å². The van der Waals surface area contributed by atoms with Gasteiger partial charge in [-0.3, -0.25) is 0 Å². The summed E-state index contributed by atoms with van der Waals surface area (Å²) < 4.78 is 41.7. The Morgan fingerprint density at radius 2 is 1.58 bits per heavy atom. The van der Waals surface area contributed by atoms with Crippen LogP contribution < -0.4 is 14.8 Å². The molecule has 7 rings (SSSR count). The van der Waals surface area contributed by atoms with Crippen molar-refractivity contribution in [1.29, 1.82) is 0 Å². The first-order valence-electron chi connectivity index (χ1n) is 15.1. The van der Waals surface area contributed by atoms with Gasteiger partial charge in [0.2, 0.25) is 0 Å². The van der Waals surface area contributed by atoms with Crippen LogP contribution >= 0.6 is 0 Å². The van der Waals surface area contributed by atoms with Crippen LogP contribution in [-0.4, -0.2) is 65.4 Å². The summed E-state index contributed by atoms with van der Waals surface area (Å²) in [4.78, 5) is 8.88. The van der Waals surface area contributed by atoms with Gasteiger partial charge < -0.3 is 33.9 Å². The third-order valence-corrected chi connectivity index (χ3v) is 8.81. The van der Waals surface area contributed by atoms with Gasteiger partial charge in [-0.25, -0.2) is 14.4 Å². The van der Waals surface area contributed by atoms with Crippen molar-refractivity contribution < 1.29 is 28.4 Å². The molecule has 0 spiro atoms. The van der Waals surface area contributed by atoms with Gasteiger partial charge in [0, 0.05) is 12.7 Å². The molecular formula is C35H35FN4O5. The Labute approximate surface area is 260 Å². The number of halogens is 1. The maximum absolute atomic E-state index is 16.0. The first-order chi connectivity index (χ1) is 22.0. The van der Waals surface area contributed by atoms with E-state index in [0.717, 1.165) is 52.8 Å². The van der Waals surface area contributed by atoms with Gasteiger partial charge in [-0.15, -0.1) is 0 Å². The summed E-state index contributed by atoms with van der Waals surface area (Å²) in [5, 5.41) is 15.4. The number of hydrogen-bond acceptors (Lipinski definition) is 8. The van der Waals surface area contributed by atoms with Crippen LogP contribution in [0.2, 0.25) is 0 Å². The summed E-state index contributed by atoms with van der Waals surface area (Å²) >= 11 is 0. The van der Waals surface area contributed by atoms with E-state index in [1.165, 1.54) is 6.33 Å². The predicted octanol–water partition coefficient (Wildman–Crippen LogP) is 5.41. The molecule has 1 unspecified atom stereocenters. The predicted molar refractivity (Wildman–Crippen MR) is 167 cm³/mol. The maximum atomic E-state index is 16.0. The number of ether oxygens (including phenoxy) is 4. The van der Waals surface area contributed by atoms with E-state index in [-0.39, 0.29) is 6.61 Å². The highest BCUT2D eigenvalue weighted by molar-refractivity contribution is 5.91. The van der Waals surface area contributed by atoms with Crippen molar-refractivity contribution in [3.8, 4) is 11.5 Å². The van der Waals surface area contributed by atoms with Crippen LogP contribution in [0.3, 0.4) is 0 Å². The fraction of sp³-hybridized carbons (Fsp3) is 0.314. The molecule has 0 bridgehead atoms. The van der Waals surface area contributed by atoms with Crippen molar-refractivity contribution in [3.63, 3.8) is 0 Å². The maximum Gasteiger partial charge on any atom is 0.173 e. The van der Waals surface area contributed by atoms with Crippen LogP contribution in [0.5, 0.6) is 11.5 Å². The summed E-state index contributed by atoms with van der Waals surface area (Å²) in [5.41, 5.74) is 2.97. The molecule has 10 heteroatoms. The first kappa shape index (κ1) is 29.2. The fourth-order valence-electron chi connectivity index (χ4n) is 6.51. The van der Waals surface area contributed by atoms with Crippen molar-refractivity contribution in [2.45, 2.75) is 43.1 Å². The van der Waals surface area contributed by atoms with E-state index in [2.05, 4.69) is 15.3 Å². The Bertz CT molecular complexity index is 1720. The molecule has 2 aromatic heterocycles. The summed E-state index contributed by atoms with van der Waals surface area (Å²) in [6.07, 6.45) is -0.110. The number of alkyl halides is 1. The van der Waals surface area contributed by atoms with E-state index in [9.17, 15) is 5.11 Å². The topological polar surface area (TPSA) is 99.9 Å². The van der Waals surface area contributed by atoms with Gasteiger partial charge >= 0.3 is 0 Å². The second-order valence-electron chi connectivity index (χ2n) is 11.3. The van der Waals surface area contributed by atoms with Crippen LogP contribution in [0.4, 0.5) is 10.2 Å². The van der Waals surface area contributed by atoms with Crippen LogP contribution in [-0.2, 0) is 21.5 Å². The van der Waals surface area contributed by atoms with E-state index >= 15 is 4.39 Å². The minimum Gasteiger partial charge on any atom is -0.497 e. The van der Waals surface area contributed by atoms with E-state index in [1.807, 2.05) is 85.1 Å². The number of nitrogens with one attached hydrogen (secondary N) is 1. The molecule has 2 aliphatic rings. The number of benzene rings is 3. The first-order valence-corrected chi connectivity index (χ1v) is 15.1. The van der Waals surface area contributed by atoms with Crippen molar-refractivity contribution in [3.05, 3.63) is 114 Å².